The van der Waals surface area contributed by atoms with Crippen molar-refractivity contribution in [3.8, 4) is 0 Å². The fourth-order valence-corrected chi connectivity index (χ4v) is 3.21. The number of hydrogen-bond donors (Lipinski definition) is 1. The van der Waals surface area contributed by atoms with Gasteiger partial charge in [0.05, 0.1) is 6.20 Å². The highest BCUT2D eigenvalue weighted by Gasteiger charge is 2.16. The average Bonchev–Trinajstić information content (AvgIpc) is 3.20. The predicted octanol–water partition coefficient (Wildman–Crippen LogP) is 1.57. The molecule has 7 nitrogen and oxygen atoms in total. The number of aromatic nitrogens is 3. The SMILES string of the molecule is CCN(CC)C(=O)Cn1cc(C(=O)N[C@H](C)Cc2cccs2)nn1. The van der Waals surface area contributed by atoms with E-state index in [0.29, 0.717) is 13.1 Å². The van der Waals surface area contributed by atoms with E-state index < -0.39 is 0 Å². The van der Waals surface area contributed by atoms with Gasteiger partial charge in [0.25, 0.3) is 5.91 Å². The van der Waals surface area contributed by atoms with Crippen molar-refractivity contribution in [2.45, 2.75) is 39.8 Å². The Morgan fingerprint density at radius 2 is 2.12 bits per heavy atom. The fraction of sp³-hybridized carbons (Fsp3) is 0.500. The Morgan fingerprint density at radius 3 is 2.75 bits per heavy atom. The van der Waals surface area contributed by atoms with E-state index in [1.807, 2.05) is 38.3 Å². The molecule has 2 aromatic rings. The van der Waals surface area contributed by atoms with Gasteiger partial charge in [0.2, 0.25) is 5.91 Å². The number of amides is 2. The first kappa shape index (κ1) is 18.1. The number of nitrogens with one attached hydrogen (secondary N) is 1. The Hall–Kier alpha value is -2.22. The molecule has 2 rings (SSSR count). The summed E-state index contributed by atoms with van der Waals surface area (Å²) in [5.41, 5.74) is 0.223. The van der Waals surface area contributed by atoms with Crippen LogP contribution in [0.25, 0.3) is 0 Å². The highest BCUT2D eigenvalue weighted by atomic mass is 32.1. The summed E-state index contributed by atoms with van der Waals surface area (Å²) in [6.07, 6.45) is 2.28. The van der Waals surface area contributed by atoms with Crippen LogP contribution in [0.4, 0.5) is 0 Å². The van der Waals surface area contributed by atoms with Gasteiger partial charge in [-0.15, -0.1) is 16.4 Å². The molecule has 2 amide bonds. The van der Waals surface area contributed by atoms with Gasteiger partial charge in [0, 0.05) is 30.4 Å². The van der Waals surface area contributed by atoms with Crippen LogP contribution in [0.15, 0.2) is 23.7 Å². The number of carbonyl (C=O) groups excluding carboxylic acids is 2. The number of hydrogen-bond acceptors (Lipinski definition) is 5. The van der Waals surface area contributed by atoms with Gasteiger partial charge < -0.3 is 10.2 Å². The molecule has 0 aliphatic rings. The summed E-state index contributed by atoms with van der Waals surface area (Å²) in [5.74, 6) is -0.316. The lowest BCUT2D eigenvalue weighted by molar-refractivity contribution is -0.131. The van der Waals surface area contributed by atoms with Gasteiger partial charge in [-0.2, -0.15) is 0 Å². The van der Waals surface area contributed by atoms with E-state index in [1.165, 1.54) is 15.8 Å². The summed E-state index contributed by atoms with van der Waals surface area (Å²) in [4.78, 5) is 27.2. The molecule has 0 aliphatic heterocycles. The monoisotopic (exact) mass is 349 g/mol. The maximum Gasteiger partial charge on any atom is 0.273 e. The highest BCUT2D eigenvalue weighted by molar-refractivity contribution is 7.09. The Morgan fingerprint density at radius 1 is 1.38 bits per heavy atom. The van der Waals surface area contributed by atoms with Crippen LogP contribution < -0.4 is 5.32 Å². The van der Waals surface area contributed by atoms with E-state index in [-0.39, 0.29) is 30.1 Å². The van der Waals surface area contributed by atoms with E-state index in [1.54, 1.807) is 16.2 Å². The fourth-order valence-electron chi connectivity index (χ4n) is 2.37. The lowest BCUT2D eigenvalue weighted by Gasteiger charge is -2.17. The molecule has 1 N–H and O–H groups in total. The van der Waals surface area contributed by atoms with Crippen molar-refractivity contribution in [2.24, 2.45) is 0 Å². The van der Waals surface area contributed by atoms with Crippen LogP contribution >= 0.6 is 11.3 Å². The molecule has 0 saturated carbocycles. The molecule has 2 aromatic heterocycles. The third kappa shape index (κ3) is 4.89. The number of rotatable bonds is 8. The maximum absolute atomic E-state index is 12.2. The van der Waals surface area contributed by atoms with Gasteiger partial charge in [0.15, 0.2) is 5.69 Å². The van der Waals surface area contributed by atoms with Crippen LogP contribution in [0.3, 0.4) is 0 Å². The highest BCUT2D eigenvalue weighted by Crippen LogP contribution is 2.11. The second-order valence-electron chi connectivity index (χ2n) is 5.53. The first-order valence-corrected chi connectivity index (χ1v) is 8.92. The summed E-state index contributed by atoms with van der Waals surface area (Å²) in [6.45, 7) is 7.20. The van der Waals surface area contributed by atoms with E-state index in [9.17, 15) is 9.59 Å². The van der Waals surface area contributed by atoms with Gasteiger partial charge in [-0.3, -0.25) is 9.59 Å². The molecule has 0 unspecified atom stereocenters. The van der Waals surface area contributed by atoms with Gasteiger partial charge in [-0.1, -0.05) is 11.3 Å². The van der Waals surface area contributed by atoms with E-state index in [4.69, 9.17) is 0 Å². The molecule has 130 valence electrons. The van der Waals surface area contributed by atoms with Crippen LogP contribution in [0.5, 0.6) is 0 Å². The Labute approximate surface area is 145 Å². The Bertz CT molecular complexity index is 664. The minimum atomic E-state index is -0.277. The Kier molecular flexibility index (Phi) is 6.48. The molecule has 0 saturated heterocycles. The number of thiophene rings is 1. The molecule has 0 aliphatic carbocycles. The Balaban J connectivity index is 1.89. The molecule has 8 heteroatoms. The second kappa shape index (κ2) is 8.58. The number of likely N-dealkylation sites (N-methyl/N-ethyl adjacent to an activating group) is 1. The largest absolute Gasteiger partial charge is 0.348 e. The van der Waals surface area contributed by atoms with Crippen molar-refractivity contribution in [3.63, 3.8) is 0 Å². The molecule has 0 spiro atoms. The van der Waals surface area contributed by atoms with Gasteiger partial charge in [-0.25, -0.2) is 4.68 Å². The molecule has 0 bridgehead atoms. The summed E-state index contributed by atoms with van der Waals surface area (Å²) in [5, 5.41) is 12.7. The molecule has 0 radical (unpaired) electrons. The van der Waals surface area contributed by atoms with Crippen LogP contribution in [0.2, 0.25) is 0 Å². The first-order chi connectivity index (χ1) is 11.5. The molecule has 0 aromatic carbocycles. The van der Waals surface area contributed by atoms with E-state index >= 15 is 0 Å². The molecule has 2 heterocycles. The average molecular weight is 349 g/mol. The van der Waals surface area contributed by atoms with Crippen LogP contribution in [0.1, 0.15) is 36.1 Å². The van der Waals surface area contributed by atoms with Crippen molar-refractivity contribution < 1.29 is 9.59 Å². The van der Waals surface area contributed by atoms with E-state index in [2.05, 4.69) is 15.6 Å². The molecule has 0 fully saturated rings. The van der Waals surface area contributed by atoms with Crippen molar-refractivity contribution in [2.75, 3.05) is 13.1 Å². The third-order valence-corrected chi connectivity index (χ3v) is 4.55. The van der Waals surface area contributed by atoms with Gasteiger partial charge >= 0.3 is 0 Å². The van der Waals surface area contributed by atoms with Crippen molar-refractivity contribution in [1.29, 1.82) is 0 Å². The normalized spacial score (nSPS) is 12.0. The smallest absolute Gasteiger partial charge is 0.273 e. The molecular weight excluding hydrogens is 326 g/mol. The van der Waals surface area contributed by atoms with Gasteiger partial charge in [-0.05, 0) is 32.2 Å². The summed E-state index contributed by atoms with van der Waals surface area (Å²) in [6, 6.07) is 4.04. The number of carbonyl (C=O) groups is 2. The van der Waals surface area contributed by atoms with E-state index in [0.717, 1.165) is 6.42 Å². The summed E-state index contributed by atoms with van der Waals surface area (Å²) >= 11 is 1.67. The van der Waals surface area contributed by atoms with Gasteiger partial charge in [0.1, 0.15) is 6.54 Å². The zero-order valence-electron chi connectivity index (χ0n) is 14.2. The quantitative estimate of drug-likeness (QED) is 0.784. The van der Waals surface area contributed by atoms with Crippen LogP contribution in [0, 0.1) is 0 Å². The summed E-state index contributed by atoms with van der Waals surface area (Å²) in [7, 11) is 0. The predicted molar refractivity (Wildman–Crippen MR) is 92.9 cm³/mol. The summed E-state index contributed by atoms with van der Waals surface area (Å²) < 4.78 is 1.40. The lowest BCUT2D eigenvalue weighted by Crippen LogP contribution is -2.34. The zero-order valence-corrected chi connectivity index (χ0v) is 15.0. The molecular formula is C16H23N5O2S. The lowest BCUT2D eigenvalue weighted by atomic mass is 10.2. The van der Waals surface area contributed by atoms with Crippen LogP contribution in [-0.4, -0.2) is 50.8 Å². The van der Waals surface area contributed by atoms with Crippen molar-refractivity contribution >= 4 is 23.2 Å². The standard InChI is InChI=1S/C16H23N5O2S/c1-4-20(5-2)15(22)11-21-10-14(18-19-21)16(23)17-12(3)9-13-7-6-8-24-13/h6-8,10,12H,4-5,9,11H2,1-3H3,(H,17,23)/t12-/m1/s1. The minimum absolute atomic E-state index is 0.00129. The topological polar surface area (TPSA) is 80.1 Å². The zero-order chi connectivity index (χ0) is 17.5. The van der Waals surface area contributed by atoms with Crippen molar-refractivity contribution in [3.05, 3.63) is 34.3 Å². The molecule has 24 heavy (non-hydrogen) atoms. The maximum atomic E-state index is 12.2. The third-order valence-electron chi connectivity index (χ3n) is 3.65. The van der Waals surface area contributed by atoms with Crippen LogP contribution in [-0.2, 0) is 17.8 Å². The minimum Gasteiger partial charge on any atom is -0.348 e. The number of nitrogens with zero attached hydrogens (tertiary/aromatic N) is 4. The first-order valence-electron chi connectivity index (χ1n) is 8.04. The van der Waals surface area contributed by atoms with Crippen molar-refractivity contribution in [1.82, 2.24) is 25.2 Å². The molecule has 1 atom stereocenters. The second-order valence-corrected chi connectivity index (χ2v) is 6.56.